The van der Waals surface area contributed by atoms with Crippen molar-refractivity contribution in [1.29, 1.82) is 0 Å². The third kappa shape index (κ3) is 3.13. The molecule has 0 amide bonds. The minimum atomic E-state index is -0.785. The summed E-state index contributed by atoms with van der Waals surface area (Å²) in [6.07, 6.45) is -0.785. The molecule has 1 saturated heterocycles. The third-order valence-electron chi connectivity index (χ3n) is 4.02. The highest BCUT2D eigenvalue weighted by Gasteiger charge is 2.27. The topological polar surface area (TPSA) is 26.7 Å². The van der Waals surface area contributed by atoms with Crippen LogP contribution in [0.15, 0.2) is 18.2 Å². The van der Waals surface area contributed by atoms with Gasteiger partial charge in [-0.15, -0.1) is 0 Å². The van der Waals surface area contributed by atoms with Gasteiger partial charge in [-0.1, -0.05) is 6.07 Å². The number of anilines is 1. The van der Waals surface area contributed by atoms with Crippen molar-refractivity contribution in [2.45, 2.75) is 39.3 Å². The van der Waals surface area contributed by atoms with Gasteiger partial charge in [-0.3, -0.25) is 4.90 Å². The molecule has 0 saturated carbocycles. The van der Waals surface area contributed by atoms with Crippen molar-refractivity contribution in [3.8, 4) is 0 Å². The van der Waals surface area contributed by atoms with Crippen LogP contribution in [0, 0.1) is 5.82 Å². The lowest BCUT2D eigenvalue weighted by atomic mass is 10.0. The maximum atomic E-state index is 13.9. The molecule has 1 atom stereocenters. The quantitative estimate of drug-likeness (QED) is 0.902. The van der Waals surface area contributed by atoms with Crippen LogP contribution in [0.3, 0.4) is 0 Å². The summed E-state index contributed by atoms with van der Waals surface area (Å²) in [6.45, 7) is 11.9. The fourth-order valence-corrected chi connectivity index (χ4v) is 2.83. The van der Waals surface area contributed by atoms with E-state index in [1.807, 2.05) is 6.07 Å². The monoisotopic (exact) mass is 280 g/mol. The number of piperazine rings is 1. The van der Waals surface area contributed by atoms with Gasteiger partial charge < -0.3 is 10.0 Å². The third-order valence-corrected chi connectivity index (χ3v) is 4.02. The highest BCUT2D eigenvalue weighted by molar-refractivity contribution is 5.55. The molecule has 0 spiro atoms. The molecular weight excluding hydrogens is 255 g/mol. The van der Waals surface area contributed by atoms with Gasteiger partial charge in [0.2, 0.25) is 0 Å². The Hall–Kier alpha value is -1.13. The molecule has 0 bridgehead atoms. The Morgan fingerprint density at radius 2 is 1.75 bits per heavy atom. The standard InChI is InChI=1S/C16H25FN2O/c1-12(20)15-13(17)6-5-7-14(15)18-8-10-19(11-9-18)16(2,3)4/h5-7,12,20H,8-11H2,1-4H3/t12-/m0/s1. The van der Waals surface area contributed by atoms with E-state index in [1.54, 1.807) is 13.0 Å². The van der Waals surface area contributed by atoms with E-state index in [9.17, 15) is 9.50 Å². The summed E-state index contributed by atoms with van der Waals surface area (Å²) in [7, 11) is 0. The van der Waals surface area contributed by atoms with Gasteiger partial charge in [0.15, 0.2) is 0 Å². The summed E-state index contributed by atoms with van der Waals surface area (Å²) in [5.41, 5.74) is 1.41. The van der Waals surface area contributed by atoms with Crippen molar-refractivity contribution in [3.05, 3.63) is 29.6 Å². The normalized spacial score (nSPS) is 19.2. The first-order valence-electron chi connectivity index (χ1n) is 7.27. The zero-order valence-corrected chi connectivity index (χ0v) is 12.9. The van der Waals surface area contributed by atoms with Crippen molar-refractivity contribution in [3.63, 3.8) is 0 Å². The van der Waals surface area contributed by atoms with Gasteiger partial charge in [0.25, 0.3) is 0 Å². The van der Waals surface area contributed by atoms with Gasteiger partial charge in [0.05, 0.1) is 6.10 Å². The summed E-state index contributed by atoms with van der Waals surface area (Å²) in [6, 6.07) is 5.03. The Bertz CT molecular complexity index is 460. The summed E-state index contributed by atoms with van der Waals surface area (Å²) < 4.78 is 13.9. The molecule has 1 aromatic carbocycles. The van der Waals surface area contributed by atoms with Crippen LogP contribution in [-0.4, -0.2) is 41.7 Å². The number of halogens is 1. The Labute approximate surface area is 121 Å². The van der Waals surface area contributed by atoms with Gasteiger partial charge >= 0.3 is 0 Å². The van der Waals surface area contributed by atoms with Crippen LogP contribution in [0.25, 0.3) is 0 Å². The van der Waals surface area contributed by atoms with Crippen LogP contribution in [0.5, 0.6) is 0 Å². The van der Waals surface area contributed by atoms with Crippen molar-refractivity contribution in [2.75, 3.05) is 31.1 Å². The maximum absolute atomic E-state index is 13.9. The molecule has 0 unspecified atom stereocenters. The maximum Gasteiger partial charge on any atom is 0.131 e. The Balaban J connectivity index is 2.17. The first-order chi connectivity index (χ1) is 9.30. The van der Waals surface area contributed by atoms with E-state index in [0.29, 0.717) is 5.56 Å². The smallest absolute Gasteiger partial charge is 0.131 e. The SMILES string of the molecule is C[C@H](O)c1c(F)cccc1N1CCN(C(C)(C)C)CC1. The zero-order chi connectivity index (χ0) is 14.9. The van der Waals surface area contributed by atoms with Gasteiger partial charge in [-0.05, 0) is 39.8 Å². The Morgan fingerprint density at radius 3 is 2.25 bits per heavy atom. The average molecular weight is 280 g/mol. The van der Waals surface area contributed by atoms with Crippen molar-refractivity contribution >= 4 is 5.69 Å². The van der Waals surface area contributed by atoms with Gasteiger partial charge in [-0.25, -0.2) is 4.39 Å². The van der Waals surface area contributed by atoms with Gasteiger partial charge in [-0.2, -0.15) is 0 Å². The van der Waals surface area contributed by atoms with Crippen molar-refractivity contribution in [2.24, 2.45) is 0 Å². The van der Waals surface area contributed by atoms with E-state index < -0.39 is 6.10 Å². The lowest BCUT2D eigenvalue weighted by Crippen LogP contribution is -2.53. The molecule has 3 nitrogen and oxygen atoms in total. The van der Waals surface area contributed by atoms with Crippen LogP contribution in [-0.2, 0) is 0 Å². The minimum absolute atomic E-state index is 0.168. The van der Waals surface area contributed by atoms with Gasteiger partial charge in [0.1, 0.15) is 5.82 Å². The number of aliphatic hydroxyl groups is 1. The van der Waals surface area contributed by atoms with E-state index >= 15 is 0 Å². The molecule has 1 fully saturated rings. The van der Waals surface area contributed by atoms with E-state index in [0.717, 1.165) is 31.9 Å². The lowest BCUT2D eigenvalue weighted by molar-refractivity contribution is 0.128. The Kier molecular flexibility index (Phi) is 4.35. The molecule has 1 aliphatic rings. The second-order valence-electron chi connectivity index (χ2n) is 6.49. The van der Waals surface area contributed by atoms with Crippen LogP contribution in [0.1, 0.15) is 39.4 Å². The number of nitrogens with zero attached hydrogens (tertiary/aromatic N) is 2. The van der Waals surface area contributed by atoms with E-state index in [-0.39, 0.29) is 11.4 Å². The average Bonchev–Trinajstić information content (AvgIpc) is 2.37. The Morgan fingerprint density at radius 1 is 1.15 bits per heavy atom. The molecule has 2 rings (SSSR count). The first kappa shape index (κ1) is 15.3. The number of hydrogen-bond donors (Lipinski definition) is 1. The summed E-state index contributed by atoms with van der Waals surface area (Å²) in [5, 5.41) is 9.82. The minimum Gasteiger partial charge on any atom is -0.389 e. The summed E-state index contributed by atoms with van der Waals surface area (Å²) in [4.78, 5) is 4.61. The van der Waals surface area contributed by atoms with Gasteiger partial charge in [0, 0.05) is 43.0 Å². The zero-order valence-electron chi connectivity index (χ0n) is 12.9. The highest BCUT2D eigenvalue weighted by Crippen LogP contribution is 2.30. The van der Waals surface area contributed by atoms with Crippen molar-refractivity contribution in [1.82, 2.24) is 4.90 Å². The molecule has 112 valence electrons. The van der Waals surface area contributed by atoms with Crippen LogP contribution in [0.2, 0.25) is 0 Å². The van der Waals surface area contributed by atoms with Crippen LogP contribution >= 0.6 is 0 Å². The van der Waals surface area contributed by atoms with Crippen molar-refractivity contribution < 1.29 is 9.50 Å². The summed E-state index contributed by atoms with van der Waals surface area (Å²) in [5.74, 6) is -0.323. The molecule has 4 heteroatoms. The summed E-state index contributed by atoms with van der Waals surface area (Å²) >= 11 is 0. The molecule has 1 aromatic rings. The van der Waals surface area contributed by atoms with E-state index in [2.05, 4.69) is 30.6 Å². The number of aliphatic hydroxyl groups excluding tert-OH is 1. The second kappa shape index (κ2) is 5.70. The predicted molar refractivity (Wildman–Crippen MR) is 80.6 cm³/mol. The number of hydrogen-bond acceptors (Lipinski definition) is 3. The highest BCUT2D eigenvalue weighted by atomic mass is 19.1. The predicted octanol–water partition coefficient (Wildman–Crippen LogP) is 2.80. The molecule has 1 N–H and O–H groups in total. The van der Waals surface area contributed by atoms with Crippen LogP contribution < -0.4 is 4.90 Å². The fraction of sp³-hybridized carbons (Fsp3) is 0.625. The largest absolute Gasteiger partial charge is 0.389 e. The number of benzene rings is 1. The lowest BCUT2D eigenvalue weighted by Gasteiger charge is -2.43. The van der Waals surface area contributed by atoms with E-state index in [4.69, 9.17) is 0 Å². The first-order valence-corrected chi connectivity index (χ1v) is 7.27. The van der Waals surface area contributed by atoms with Crippen LogP contribution in [0.4, 0.5) is 10.1 Å². The fourth-order valence-electron chi connectivity index (χ4n) is 2.83. The molecule has 0 aliphatic carbocycles. The molecular formula is C16H25FN2O. The molecule has 20 heavy (non-hydrogen) atoms. The molecule has 0 radical (unpaired) electrons. The van der Waals surface area contributed by atoms with E-state index in [1.165, 1.54) is 6.07 Å². The molecule has 1 aliphatic heterocycles. The molecule has 0 aromatic heterocycles. The second-order valence-corrected chi connectivity index (χ2v) is 6.49. The number of rotatable bonds is 2. The molecule has 1 heterocycles.